The zero-order valence-corrected chi connectivity index (χ0v) is 12.1. The molecule has 3 heterocycles. The molecule has 110 valence electrons. The normalized spacial score (nSPS) is 16.1. The van der Waals surface area contributed by atoms with Gasteiger partial charge in [0.05, 0.1) is 6.54 Å². The monoisotopic (exact) mass is 285 g/mol. The van der Waals surface area contributed by atoms with Crippen LogP contribution in [0.4, 0.5) is 5.95 Å². The van der Waals surface area contributed by atoms with Crippen molar-refractivity contribution in [2.75, 3.05) is 37.6 Å². The van der Waals surface area contributed by atoms with E-state index in [1.807, 2.05) is 36.1 Å². The second-order valence-corrected chi connectivity index (χ2v) is 5.30. The summed E-state index contributed by atoms with van der Waals surface area (Å²) in [6.45, 7) is 3.90. The highest BCUT2D eigenvalue weighted by Crippen LogP contribution is 2.10. The molecule has 1 saturated heterocycles. The van der Waals surface area contributed by atoms with Gasteiger partial charge in [-0.05, 0) is 12.1 Å². The number of anilines is 1. The minimum Gasteiger partial charge on any atom is -0.357 e. The summed E-state index contributed by atoms with van der Waals surface area (Å²) in [6, 6.07) is 3.69. The molecule has 1 aliphatic rings. The van der Waals surface area contributed by atoms with Crippen molar-refractivity contribution in [3.8, 4) is 0 Å². The van der Waals surface area contributed by atoms with E-state index in [0.717, 1.165) is 37.7 Å². The van der Waals surface area contributed by atoms with Crippen molar-refractivity contribution >= 4 is 11.7 Å². The Morgan fingerprint density at radius 2 is 1.90 bits per heavy atom. The topological polar surface area (TPSA) is 54.3 Å². The molecule has 21 heavy (non-hydrogen) atoms. The van der Waals surface area contributed by atoms with Gasteiger partial charge >= 0.3 is 0 Å². The number of Topliss-reactive ketones (excluding diaryl/α,β-unsaturated/α-hetero) is 1. The minimum atomic E-state index is 0.181. The Bertz CT molecular complexity index is 602. The number of carbonyl (C=O) groups is 1. The maximum atomic E-state index is 12.2. The molecular formula is C15H19N5O. The van der Waals surface area contributed by atoms with E-state index < -0.39 is 0 Å². The zero-order valence-electron chi connectivity index (χ0n) is 12.1. The Kier molecular flexibility index (Phi) is 3.96. The lowest BCUT2D eigenvalue weighted by molar-refractivity contribution is 0.0926. The molecule has 0 amide bonds. The molecule has 0 atom stereocenters. The van der Waals surface area contributed by atoms with Crippen LogP contribution in [0.25, 0.3) is 0 Å². The van der Waals surface area contributed by atoms with Crippen LogP contribution < -0.4 is 4.90 Å². The molecule has 6 heteroatoms. The fraction of sp³-hybridized carbons (Fsp3) is 0.400. The Morgan fingerprint density at radius 1 is 1.19 bits per heavy atom. The quantitative estimate of drug-likeness (QED) is 0.779. The molecule has 0 N–H and O–H groups in total. The van der Waals surface area contributed by atoms with Crippen molar-refractivity contribution in [1.29, 1.82) is 0 Å². The van der Waals surface area contributed by atoms with E-state index >= 15 is 0 Å². The highest BCUT2D eigenvalue weighted by molar-refractivity contribution is 5.97. The first-order valence-corrected chi connectivity index (χ1v) is 7.12. The molecule has 1 fully saturated rings. The van der Waals surface area contributed by atoms with E-state index in [4.69, 9.17) is 0 Å². The molecule has 0 saturated carbocycles. The first-order chi connectivity index (χ1) is 10.2. The highest BCUT2D eigenvalue weighted by Gasteiger charge is 2.21. The molecule has 0 radical (unpaired) electrons. The van der Waals surface area contributed by atoms with E-state index in [2.05, 4.69) is 19.8 Å². The lowest BCUT2D eigenvalue weighted by Crippen LogP contribution is -2.48. The van der Waals surface area contributed by atoms with Crippen LogP contribution in [0.1, 0.15) is 10.4 Å². The van der Waals surface area contributed by atoms with Gasteiger partial charge in [0, 0.05) is 63.6 Å². The first-order valence-electron chi connectivity index (χ1n) is 7.12. The largest absolute Gasteiger partial charge is 0.357 e. The Labute approximate surface area is 124 Å². The van der Waals surface area contributed by atoms with E-state index in [1.54, 1.807) is 12.4 Å². The lowest BCUT2D eigenvalue weighted by atomic mass is 10.2. The molecule has 0 spiro atoms. The fourth-order valence-corrected chi connectivity index (χ4v) is 2.52. The number of rotatable bonds is 4. The van der Waals surface area contributed by atoms with E-state index in [-0.39, 0.29) is 5.78 Å². The summed E-state index contributed by atoms with van der Waals surface area (Å²) in [6.07, 6.45) is 7.29. The summed E-state index contributed by atoms with van der Waals surface area (Å²) in [5.74, 6) is 0.951. The van der Waals surface area contributed by atoms with Gasteiger partial charge in [-0.3, -0.25) is 9.69 Å². The van der Waals surface area contributed by atoms with Crippen molar-refractivity contribution in [2.45, 2.75) is 0 Å². The average molecular weight is 285 g/mol. The number of hydrogen-bond donors (Lipinski definition) is 0. The average Bonchev–Trinajstić information content (AvgIpc) is 2.96. The summed E-state index contributed by atoms with van der Waals surface area (Å²) < 4.78 is 1.90. The fourth-order valence-electron chi connectivity index (χ4n) is 2.52. The molecule has 0 bridgehead atoms. The van der Waals surface area contributed by atoms with Crippen LogP contribution in [0.15, 0.2) is 36.9 Å². The second-order valence-electron chi connectivity index (χ2n) is 5.30. The molecule has 0 aliphatic carbocycles. The summed E-state index contributed by atoms with van der Waals surface area (Å²) in [5.41, 5.74) is 0.784. The van der Waals surface area contributed by atoms with Gasteiger partial charge in [0.15, 0.2) is 5.78 Å². The van der Waals surface area contributed by atoms with Crippen LogP contribution in [0.5, 0.6) is 0 Å². The van der Waals surface area contributed by atoms with Gasteiger partial charge in [0.2, 0.25) is 5.95 Å². The van der Waals surface area contributed by atoms with E-state index in [0.29, 0.717) is 6.54 Å². The van der Waals surface area contributed by atoms with E-state index in [1.165, 1.54) is 0 Å². The molecule has 1 aliphatic heterocycles. The van der Waals surface area contributed by atoms with Crippen LogP contribution in [-0.2, 0) is 7.05 Å². The number of hydrogen-bond acceptors (Lipinski definition) is 5. The van der Waals surface area contributed by atoms with Crippen molar-refractivity contribution in [3.05, 3.63) is 42.5 Å². The Hall–Kier alpha value is -2.21. The number of ketones is 1. The van der Waals surface area contributed by atoms with Gasteiger partial charge < -0.3 is 9.47 Å². The number of aryl methyl sites for hydroxylation is 1. The van der Waals surface area contributed by atoms with Gasteiger partial charge in [-0.2, -0.15) is 0 Å². The van der Waals surface area contributed by atoms with Gasteiger partial charge in [-0.1, -0.05) is 0 Å². The van der Waals surface area contributed by atoms with E-state index in [9.17, 15) is 4.79 Å². The maximum absolute atomic E-state index is 12.2. The number of piperazine rings is 1. The zero-order chi connectivity index (χ0) is 14.7. The Morgan fingerprint density at radius 3 is 2.52 bits per heavy atom. The van der Waals surface area contributed by atoms with Crippen molar-refractivity contribution in [2.24, 2.45) is 7.05 Å². The standard InChI is InChI=1S/C15H19N5O/c1-18-6-3-13(11-18)14(21)12-19-7-9-20(10-8-19)15-16-4-2-5-17-15/h2-6,11H,7-10,12H2,1H3. The predicted octanol–water partition coefficient (Wildman–Crippen LogP) is 0.820. The first kappa shape index (κ1) is 13.8. The molecule has 0 aromatic carbocycles. The van der Waals surface area contributed by atoms with Crippen LogP contribution in [0, 0.1) is 0 Å². The van der Waals surface area contributed by atoms with Crippen LogP contribution in [0.3, 0.4) is 0 Å². The summed E-state index contributed by atoms with van der Waals surface area (Å²) in [4.78, 5) is 25.1. The SMILES string of the molecule is Cn1ccc(C(=O)CN2CCN(c3ncccn3)CC2)c1. The van der Waals surface area contributed by atoms with Crippen molar-refractivity contribution < 1.29 is 4.79 Å². The van der Waals surface area contributed by atoms with Crippen LogP contribution in [0.2, 0.25) is 0 Å². The molecule has 0 unspecified atom stereocenters. The molecule has 3 rings (SSSR count). The predicted molar refractivity (Wildman–Crippen MR) is 80.4 cm³/mol. The number of carbonyl (C=O) groups excluding carboxylic acids is 1. The third-order valence-corrected chi connectivity index (χ3v) is 3.73. The molecule has 6 nitrogen and oxygen atoms in total. The highest BCUT2D eigenvalue weighted by atomic mass is 16.1. The lowest BCUT2D eigenvalue weighted by Gasteiger charge is -2.34. The summed E-state index contributed by atoms with van der Waals surface area (Å²) in [5, 5.41) is 0. The molecule has 2 aromatic heterocycles. The van der Waals surface area contributed by atoms with Gasteiger partial charge in [0.25, 0.3) is 0 Å². The minimum absolute atomic E-state index is 0.181. The van der Waals surface area contributed by atoms with Gasteiger partial charge in [-0.25, -0.2) is 9.97 Å². The summed E-state index contributed by atoms with van der Waals surface area (Å²) >= 11 is 0. The Balaban J connectivity index is 1.53. The third kappa shape index (κ3) is 3.28. The number of aromatic nitrogens is 3. The smallest absolute Gasteiger partial charge is 0.225 e. The van der Waals surface area contributed by atoms with Crippen LogP contribution in [-0.4, -0.2) is 57.9 Å². The second kappa shape index (κ2) is 6.05. The van der Waals surface area contributed by atoms with Crippen molar-refractivity contribution in [3.63, 3.8) is 0 Å². The van der Waals surface area contributed by atoms with Gasteiger partial charge in [0.1, 0.15) is 0 Å². The van der Waals surface area contributed by atoms with Crippen molar-refractivity contribution in [1.82, 2.24) is 19.4 Å². The third-order valence-electron chi connectivity index (χ3n) is 3.73. The summed E-state index contributed by atoms with van der Waals surface area (Å²) in [7, 11) is 1.93. The van der Waals surface area contributed by atoms with Gasteiger partial charge in [-0.15, -0.1) is 0 Å². The number of nitrogens with zero attached hydrogens (tertiary/aromatic N) is 5. The maximum Gasteiger partial charge on any atom is 0.225 e. The van der Waals surface area contributed by atoms with Crippen LogP contribution >= 0.6 is 0 Å². The molecule has 2 aromatic rings. The molecular weight excluding hydrogens is 266 g/mol.